The van der Waals surface area contributed by atoms with E-state index in [1.807, 2.05) is 0 Å². The van der Waals surface area contributed by atoms with Crippen molar-refractivity contribution in [2.24, 2.45) is 10.2 Å². The molecule has 0 bridgehead atoms. The van der Waals surface area contributed by atoms with Gasteiger partial charge in [0.25, 0.3) is 16.0 Å². The molecule has 0 aliphatic carbocycles. The zero-order valence-electron chi connectivity index (χ0n) is 21.0. The molecule has 0 saturated carbocycles. The summed E-state index contributed by atoms with van der Waals surface area (Å²) >= 11 is 12.2. The van der Waals surface area contributed by atoms with Gasteiger partial charge in [0.2, 0.25) is 0 Å². The van der Waals surface area contributed by atoms with E-state index >= 15 is 0 Å². The molecule has 0 aliphatic heterocycles. The van der Waals surface area contributed by atoms with Crippen molar-refractivity contribution in [1.29, 1.82) is 0 Å². The zero-order valence-corrected chi connectivity index (χ0v) is 25.4. The van der Waals surface area contributed by atoms with Gasteiger partial charge in [-0.15, -0.1) is 0 Å². The Hall–Kier alpha value is -2.70. The van der Waals surface area contributed by atoms with Crippen LogP contribution in [0.4, 0.5) is 17.1 Å². The first-order valence-corrected chi connectivity index (χ1v) is 13.3. The Balaban J connectivity index is 0.00000420. The summed E-state index contributed by atoms with van der Waals surface area (Å²) in [5, 5.41) is 25.3. The van der Waals surface area contributed by atoms with Crippen LogP contribution in [0.5, 0.6) is 11.5 Å². The molecule has 4 aromatic carbocycles. The third-order valence-electron chi connectivity index (χ3n) is 5.64. The number of hydrogen-bond donors (Lipinski definition) is 2. The Morgan fingerprint density at radius 3 is 2.41 bits per heavy atom. The average molecular weight is 596 g/mol. The molecule has 0 fully saturated rings. The minimum absolute atomic E-state index is 0. The number of anilines is 1. The van der Waals surface area contributed by atoms with Crippen molar-refractivity contribution in [2.45, 2.75) is 18.2 Å². The monoisotopic (exact) mass is 595 g/mol. The van der Waals surface area contributed by atoms with Crippen LogP contribution >= 0.6 is 23.2 Å². The van der Waals surface area contributed by atoms with Crippen molar-refractivity contribution in [1.82, 2.24) is 0 Å². The van der Waals surface area contributed by atoms with Crippen molar-refractivity contribution < 1.29 is 57.2 Å². The Morgan fingerprint density at radius 1 is 1.05 bits per heavy atom. The molecule has 4 aromatic rings. The molecule has 4 rings (SSSR count). The fourth-order valence-corrected chi connectivity index (χ4v) is 5.49. The molecule has 13 heteroatoms. The number of hydrogen-bond acceptors (Lipinski definition) is 7. The van der Waals surface area contributed by atoms with E-state index in [-0.39, 0.29) is 68.5 Å². The second kappa shape index (κ2) is 12.6. The molecule has 0 heterocycles. The summed E-state index contributed by atoms with van der Waals surface area (Å²) in [4.78, 5) is 12.7. The van der Waals surface area contributed by atoms with E-state index in [4.69, 9.17) is 27.9 Å². The molecule has 0 aliphatic rings. The van der Waals surface area contributed by atoms with Crippen LogP contribution in [0.15, 0.2) is 75.8 Å². The summed E-state index contributed by atoms with van der Waals surface area (Å²) in [5.41, 5.74) is 0.489. The van der Waals surface area contributed by atoms with Crippen LogP contribution in [-0.2, 0) is 16.5 Å². The minimum atomic E-state index is -4.56. The summed E-state index contributed by atoms with van der Waals surface area (Å²) in [5.74, 6) is -0.910. The standard InChI is InChI=1S/C26H21Cl2N3O6S.Na/c1-3-14-10-17(13-21(28)25(14)38(34,35)36)30-31-23-18-7-5-4-6-15(18)11-19(24(23)32)26(33)29-16-8-9-22(37-2)20(27)12-16;/h4-13,32H,3H2,1-2H3,(H,29,33)(H,34,35,36);/q;+1/p-1. The minimum Gasteiger partial charge on any atom is -0.870 e. The van der Waals surface area contributed by atoms with E-state index in [1.165, 1.54) is 31.4 Å². The van der Waals surface area contributed by atoms with Crippen LogP contribution in [0, 0.1) is 0 Å². The van der Waals surface area contributed by atoms with Gasteiger partial charge >= 0.3 is 29.6 Å². The Kier molecular flexibility index (Phi) is 10.0. The smallest absolute Gasteiger partial charge is 0.870 e. The summed E-state index contributed by atoms with van der Waals surface area (Å²) in [7, 11) is -3.09. The number of benzene rings is 4. The number of nitrogens with one attached hydrogen (secondary N) is 1. The van der Waals surface area contributed by atoms with E-state index in [0.717, 1.165) is 0 Å². The van der Waals surface area contributed by atoms with Crippen LogP contribution in [0.3, 0.4) is 0 Å². The number of nitrogens with zero attached hydrogens (tertiary/aromatic N) is 2. The van der Waals surface area contributed by atoms with Crippen molar-refractivity contribution in [3.8, 4) is 11.5 Å². The first kappa shape index (κ1) is 30.8. The molecule has 196 valence electrons. The van der Waals surface area contributed by atoms with Crippen molar-refractivity contribution in [2.75, 3.05) is 12.4 Å². The second-order valence-corrected chi connectivity index (χ2v) is 10.2. The van der Waals surface area contributed by atoms with E-state index < -0.39 is 26.7 Å². The third-order valence-corrected chi connectivity index (χ3v) is 7.34. The summed E-state index contributed by atoms with van der Waals surface area (Å²) in [6.45, 7) is 1.68. The Labute approximate surface area is 256 Å². The predicted molar refractivity (Wildman–Crippen MR) is 144 cm³/mol. The summed E-state index contributed by atoms with van der Waals surface area (Å²) in [6.07, 6.45) is 0.235. The quantitative estimate of drug-likeness (QED) is 0.189. The number of amides is 1. The molecule has 0 saturated heterocycles. The van der Waals surface area contributed by atoms with Gasteiger partial charge in [-0.2, -0.15) is 18.6 Å². The molecule has 1 amide bonds. The van der Waals surface area contributed by atoms with E-state index in [2.05, 4.69) is 15.5 Å². The van der Waals surface area contributed by atoms with E-state index in [0.29, 0.717) is 22.2 Å². The SMILES string of the molecule is CCc1cc(N=Nc2c([O-])c(C(=O)Nc3ccc(OC)c(Cl)c3)cc3ccccc23)cc(Cl)c1S(=O)(=O)O.[Na+]. The number of methoxy groups -OCH3 is 1. The van der Waals surface area contributed by atoms with Crippen LogP contribution in [-0.4, -0.2) is 26.0 Å². The summed E-state index contributed by atoms with van der Waals surface area (Å²) in [6, 6.07) is 15.6. The number of carbonyl (C=O) groups excluding carboxylic acids is 1. The molecule has 0 aromatic heterocycles. The number of azo groups is 1. The van der Waals surface area contributed by atoms with Crippen LogP contribution < -0.4 is 44.7 Å². The fraction of sp³-hybridized carbons (Fsp3) is 0.115. The van der Waals surface area contributed by atoms with Gasteiger partial charge in [-0.25, -0.2) is 0 Å². The first-order chi connectivity index (χ1) is 18.0. The normalized spacial score (nSPS) is 11.4. The maximum absolute atomic E-state index is 13.4. The number of ether oxygens (including phenoxy) is 1. The van der Waals surface area contributed by atoms with E-state index in [1.54, 1.807) is 43.3 Å². The summed E-state index contributed by atoms with van der Waals surface area (Å²) < 4.78 is 38.1. The van der Waals surface area contributed by atoms with Gasteiger partial charge in [0.1, 0.15) is 10.6 Å². The molecule has 2 N–H and O–H groups in total. The van der Waals surface area contributed by atoms with Crippen LogP contribution in [0.25, 0.3) is 10.8 Å². The van der Waals surface area contributed by atoms with E-state index in [9.17, 15) is 22.9 Å². The molecule has 0 radical (unpaired) electrons. The third kappa shape index (κ3) is 6.72. The maximum Gasteiger partial charge on any atom is 1.00 e. The molecule has 9 nitrogen and oxygen atoms in total. The molecular weight excluding hydrogens is 576 g/mol. The van der Waals surface area contributed by atoms with Crippen molar-refractivity contribution in [3.05, 3.63) is 81.8 Å². The van der Waals surface area contributed by atoms with Gasteiger partial charge in [0.05, 0.1) is 28.5 Å². The van der Waals surface area contributed by atoms with Gasteiger partial charge < -0.3 is 15.2 Å². The maximum atomic E-state index is 13.4. The molecule has 0 spiro atoms. The molecule has 0 atom stereocenters. The number of fused-ring (bicyclic) bond motifs is 1. The van der Waals surface area contributed by atoms with Crippen LogP contribution in [0.1, 0.15) is 22.8 Å². The molecule has 0 unspecified atom stereocenters. The number of rotatable bonds is 7. The van der Waals surface area contributed by atoms with Gasteiger partial charge in [-0.1, -0.05) is 60.1 Å². The van der Waals surface area contributed by atoms with Gasteiger partial charge in [-0.05, 0) is 53.8 Å². The van der Waals surface area contributed by atoms with Gasteiger partial charge in [-0.3, -0.25) is 9.35 Å². The topological polar surface area (TPSA) is 140 Å². The molecular formula is C26H20Cl2N3NaO6S. The molecule has 39 heavy (non-hydrogen) atoms. The van der Waals surface area contributed by atoms with Gasteiger partial charge in [0.15, 0.2) is 0 Å². The second-order valence-electron chi connectivity index (χ2n) is 8.07. The largest absolute Gasteiger partial charge is 1.00 e. The van der Waals surface area contributed by atoms with Crippen molar-refractivity contribution >= 4 is 67.1 Å². The first-order valence-electron chi connectivity index (χ1n) is 11.1. The predicted octanol–water partition coefficient (Wildman–Crippen LogP) is 3.71. The van der Waals surface area contributed by atoms with Crippen molar-refractivity contribution in [3.63, 3.8) is 0 Å². The number of aryl methyl sites for hydroxylation is 1. The Bertz CT molecular complexity index is 1710. The average Bonchev–Trinajstić information content (AvgIpc) is 2.86. The Morgan fingerprint density at radius 2 is 1.77 bits per heavy atom. The van der Waals surface area contributed by atoms with Crippen LogP contribution in [0.2, 0.25) is 10.0 Å². The number of halogens is 2. The van der Waals surface area contributed by atoms with Gasteiger partial charge in [0, 0.05) is 16.6 Å². The number of carbonyl (C=O) groups is 1. The fourth-order valence-electron chi connectivity index (χ4n) is 3.87. The zero-order chi connectivity index (χ0) is 27.6.